The second-order valence-electron chi connectivity index (χ2n) is 8.50. The monoisotopic (exact) mass is 474 g/mol. The van der Waals surface area contributed by atoms with E-state index in [1.165, 1.54) is 0 Å². The van der Waals surface area contributed by atoms with Crippen LogP contribution in [0.5, 0.6) is 0 Å². The van der Waals surface area contributed by atoms with Crippen LogP contribution in [0.1, 0.15) is 57.5 Å². The number of hydrogen-bond acceptors (Lipinski definition) is 6. The van der Waals surface area contributed by atoms with Gasteiger partial charge in [0.15, 0.2) is 5.78 Å². The summed E-state index contributed by atoms with van der Waals surface area (Å²) in [7, 11) is 0. The van der Waals surface area contributed by atoms with E-state index in [0.29, 0.717) is 46.7 Å². The van der Waals surface area contributed by atoms with Gasteiger partial charge in [-0.25, -0.2) is 4.79 Å². The molecule has 1 fully saturated rings. The van der Waals surface area contributed by atoms with Crippen LogP contribution in [0.3, 0.4) is 0 Å². The van der Waals surface area contributed by atoms with E-state index in [0.717, 1.165) is 4.90 Å². The highest BCUT2D eigenvalue weighted by atomic mass is 16.5. The van der Waals surface area contributed by atoms with Crippen LogP contribution < -0.4 is 10.6 Å². The molecular formula is C26H26N4O5. The van der Waals surface area contributed by atoms with Crippen LogP contribution in [0.15, 0.2) is 59.1 Å². The minimum absolute atomic E-state index is 0.314. The first-order valence-electron chi connectivity index (χ1n) is 11.3. The number of nitrogens with one attached hydrogen (secondary N) is 2. The standard InChI is InChI=1S/C26H26N4O5/c1-4-14-26(19-8-6-5-7-9-19)24(33)30(25(34)28-26)15-21(31)18-10-12-20(13-11-18)27-23(32)22-16(2)29-35-17(22)3/h5-13H,4,14-15H2,1-3H3,(H,27,32)(H,28,34). The summed E-state index contributed by atoms with van der Waals surface area (Å²) in [4.78, 5) is 52.5. The molecule has 0 saturated carbocycles. The van der Waals surface area contributed by atoms with Crippen LogP contribution >= 0.6 is 0 Å². The predicted octanol–water partition coefficient (Wildman–Crippen LogP) is 3.97. The Labute approximate surface area is 202 Å². The summed E-state index contributed by atoms with van der Waals surface area (Å²) < 4.78 is 5.02. The van der Waals surface area contributed by atoms with Gasteiger partial charge in [-0.2, -0.15) is 0 Å². The van der Waals surface area contributed by atoms with Crippen molar-refractivity contribution in [3.05, 3.63) is 82.7 Å². The molecule has 0 aliphatic carbocycles. The van der Waals surface area contributed by atoms with Gasteiger partial charge in [0.1, 0.15) is 16.9 Å². The van der Waals surface area contributed by atoms with Gasteiger partial charge < -0.3 is 15.2 Å². The van der Waals surface area contributed by atoms with Crippen molar-refractivity contribution in [1.29, 1.82) is 0 Å². The van der Waals surface area contributed by atoms with Gasteiger partial charge in [0.2, 0.25) is 0 Å². The Balaban J connectivity index is 1.47. The molecule has 2 heterocycles. The third-order valence-electron chi connectivity index (χ3n) is 6.09. The summed E-state index contributed by atoms with van der Waals surface area (Å²) in [6, 6.07) is 14.7. The third-order valence-corrected chi connectivity index (χ3v) is 6.09. The summed E-state index contributed by atoms with van der Waals surface area (Å²) in [5.41, 5.74) is 1.14. The zero-order valence-corrected chi connectivity index (χ0v) is 19.8. The third kappa shape index (κ3) is 4.44. The van der Waals surface area contributed by atoms with E-state index in [2.05, 4.69) is 15.8 Å². The highest BCUT2D eigenvalue weighted by Crippen LogP contribution is 2.33. The number of nitrogens with zero attached hydrogens (tertiary/aromatic N) is 2. The summed E-state index contributed by atoms with van der Waals surface area (Å²) in [6.45, 7) is 4.88. The summed E-state index contributed by atoms with van der Waals surface area (Å²) in [6.07, 6.45) is 1.09. The first-order chi connectivity index (χ1) is 16.8. The van der Waals surface area contributed by atoms with Crippen molar-refractivity contribution >= 4 is 29.3 Å². The number of hydrogen-bond donors (Lipinski definition) is 2. The number of benzene rings is 2. The van der Waals surface area contributed by atoms with Crippen molar-refractivity contribution in [3.8, 4) is 0 Å². The maximum Gasteiger partial charge on any atom is 0.325 e. The van der Waals surface area contributed by atoms with Crippen molar-refractivity contribution in [1.82, 2.24) is 15.4 Å². The van der Waals surface area contributed by atoms with Gasteiger partial charge in [-0.05, 0) is 50.1 Å². The number of amides is 4. The quantitative estimate of drug-likeness (QED) is 0.376. The molecule has 1 aromatic heterocycles. The number of aromatic nitrogens is 1. The molecule has 1 saturated heterocycles. The molecule has 4 rings (SSSR count). The van der Waals surface area contributed by atoms with Crippen molar-refractivity contribution in [2.45, 2.75) is 39.2 Å². The minimum atomic E-state index is -1.18. The molecule has 9 nitrogen and oxygen atoms in total. The second kappa shape index (κ2) is 9.54. The van der Waals surface area contributed by atoms with Gasteiger partial charge >= 0.3 is 6.03 Å². The lowest BCUT2D eigenvalue weighted by Crippen LogP contribution is -2.44. The molecule has 35 heavy (non-hydrogen) atoms. The summed E-state index contributed by atoms with van der Waals surface area (Å²) in [5.74, 6) is -0.785. The van der Waals surface area contributed by atoms with Crippen molar-refractivity contribution in [2.24, 2.45) is 0 Å². The molecule has 3 aromatic rings. The van der Waals surface area contributed by atoms with Gasteiger partial charge in [-0.3, -0.25) is 19.3 Å². The smallest absolute Gasteiger partial charge is 0.325 e. The average molecular weight is 475 g/mol. The van der Waals surface area contributed by atoms with E-state index >= 15 is 0 Å². The number of imide groups is 1. The zero-order chi connectivity index (χ0) is 25.2. The van der Waals surface area contributed by atoms with Crippen LogP contribution in [-0.2, 0) is 10.3 Å². The van der Waals surface area contributed by atoms with Crippen LogP contribution in [0.25, 0.3) is 0 Å². The second-order valence-corrected chi connectivity index (χ2v) is 8.50. The van der Waals surface area contributed by atoms with Crippen LogP contribution in [-0.4, -0.2) is 40.2 Å². The van der Waals surface area contributed by atoms with Gasteiger partial charge in [0.05, 0.1) is 12.2 Å². The zero-order valence-electron chi connectivity index (χ0n) is 19.8. The predicted molar refractivity (Wildman–Crippen MR) is 128 cm³/mol. The first-order valence-corrected chi connectivity index (χ1v) is 11.3. The maximum atomic E-state index is 13.4. The van der Waals surface area contributed by atoms with Crippen molar-refractivity contribution < 1.29 is 23.7 Å². The largest absolute Gasteiger partial charge is 0.361 e. The maximum absolute atomic E-state index is 13.4. The normalized spacial score (nSPS) is 17.4. The Morgan fingerprint density at radius 2 is 1.74 bits per heavy atom. The topological polar surface area (TPSA) is 122 Å². The molecule has 1 unspecified atom stereocenters. The molecule has 1 aliphatic rings. The molecule has 2 aromatic carbocycles. The lowest BCUT2D eigenvalue weighted by Gasteiger charge is -2.26. The molecule has 1 atom stereocenters. The average Bonchev–Trinajstić information content (AvgIpc) is 3.31. The lowest BCUT2D eigenvalue weighted by atomic mass is 9.85. The summed E-state index contributed by atoms with van der Waals surface area (Å²) >= 11 is 0. The Kier molecular flexibility index (Phi) is 6.50. The lowest BCUT2D eigenvalue weighted by molar-refractivity contribution is -0.131. The molecule has 180 valence electrons. The first kappa shape index (κ1) is 23.9. The highest BCUT2D eigenvalue weighted by Gasteiger charge is 2.52. The Morgan fingerprint density at radius 1 is 1.06 bits per heavy atom. The Morgan fingerprint density at radius 3 is 2.34 bits per heavy atom. The van der Waals surface area contributed by atoms with Gasteiger partial charge in [0, 0.05) is 11.3 Å². The SMILES string of the molecule is CCCC1(c2ccccc2)NC(=O)N(CC(=O)c2ccc(NC(=O)c3c(C)noc3C)cc2)C1=O. The highest BCUT2D eigenvalue weighted by molar-refractivity contribution is 6.11. The molecule has 0 bridgehead atoms. The number of Topliss-reactive ketones (excluding diaryl/α,β-unsaturated/α-hetero) is 1. The number of carbonyl (C=O) groups is 4. The number of anilines is 1. The number of rotatable bonds is 8. The summed E-state index contributed by atoms with van der Waals surface area (Å²) in [5, 5.41) is 9.34. The van der Waals surface area contributed by atoms with Crippen LogP contribution in [0, 0.1) is 13.8 Å². The molecule has 0 spiro atoms. The molecule has 1 aliphatic heterocycles. The van der Waals surface area contributed by atoms with Crippen molar-refractivity contribution in [3.63, 3.8) is 0 Å². The van der Waals surface area contributed by atoms with Gasteiger partial charge in [0.25, 0.3) is 11.8 Å². The van der Waals surface area contributed by atoms with Crippen molar-refractivity contribution in [2.75, 3.05) is 11.9 Å². The minimum Gasteiger partial charge on any atom is -0.361 e. The van der Waals surface area contributed by atoms with E-state index in [1.54, 1.807) is 50.2 Å². The fourth-order valence-corrected chi connectivity index (χ4v) is 4.35. The fraction of sp³-hybridized carbons (Fsp3) is 0.269. The van der Waals surface area contributed by atoms with E-state index in [1.807, 2.05) is 25.1 Å². The van der Waals surface area contributed by atoms with E-state index < -0.39 is 23.3 Å². The number of aryl methyl sites for hydroxylation is 2. The molecule has 2 N–H and O–H groups in total. The fourth-order valence-electron chi connectivity index (χ4n) is 4.35. The number of urea groups is 1. The van der Waals surface area contributed by atoms with E-state index in [9.17, 15) is 19.2 Å². The van der Waals surface area contributed by atoms with E-state index in [4.69, 9.17) is 4.52 Å². The molecule has 9 heteroatoms. The molecular weight excluding hydrogens is 448 g/mol. The number of ketones is 1. The van der Waals surface area contributed by atoms with Gasteiger partial charge in [-0.1, -0.05) is 48.8 Å². The van der Waals surface area contributed by atoms with Gasteiger partial charge in [-0.15, -0.1) is 0 Å². The molecule has 4 amide bonds. The van der Waals surface area contributed by atoms with Crippen LogP contribution in [0.2, 0.25) is 0 Å². The Bertz CT molecular complexity index is 1260. The number of carbonyl (C=O) groups excluding carboxylic acids is 4. The van der Waals surface area contributed by atoms with E-state index in [-0.39, 0.29) is 12.5 Å². The molecule has 0 radical (unpaired) electrons. The Hall–Kier alpha value is -4.27. The van der Waals surface area contributed by atoms with Crippen LogP contribution in [0.4, 0.5) is 10.5 Å².